The van der Waals surface area contributed by atoms with Gasteiger partial charge < -0.3 is 15.8 Å². The molecule has 0 aliphatic heterocycles. The van der Waals surface area contributed by atoms with Gasteiger partial charge in [-0.25, -0.2) is 0 Å². The highest BCUT2D eigenvalue weighted by atomic mass is 16.5. The van der Waals surface area contributed by atoms with E-state index in [9.17, 15) is 0 Å². The lowest BCUT2D eigenvalue weighted by Crippen LogP contribution is -2.05. The van der Waals surface area contributed by atoms with Crippen LogP contribution in [0.4, 0.5) is 11.8 Å². The average molecular weight is 234 g/mol. The summed E-state index contributed by atoms with van der Waals surface area (Å²) < 4.78 is 6.75. The minimum Gasteiger partial charge on any atom is -0.481 e. The lowest BCUT2D eigenvalue weighted by molar-refractivity contribution is 0.398. The number of methoxy groups -OCH3 is 1. The van der Waals surface area contributed by atoms with Crippen molar-refractivity contribution < 1.29 is 4.74 Å². The number of ether oxygens (including phenoxy) is 1. The summed E-state index contributed by atoms with van der Waals surface area (Å²) in [5, 5.41) is 7.20. The molecule has 7 nitrogen and oxygen atoms in total. The van der Waals surface area contributed by atoms with Gasteiger partial charge in [0.05, 0.1) is 13.3 Å². The number of nitrogens with one attached hydrogen (secondary N) is 1. The molecular weight excluding hydrogens is 220 g/mol. The third-order valence-electron chi connectivity index (χ3n) is 2.16. The number of hydrogen-bond acceptors (Lipinski definition) is 6. The second-order valence-corrected chi connectivity index (χ2v) is 3.53. The molecule has 0 radical (unpaired) electrons. The van der Waals surface area contributed by atoms with Crippen molar-refractivity contribution in [1.29, 1.82) is 0 Å². The lowest BCUT2D eigenvalue weighted by Gasteiger charge is -2.06. The van der Waals surface area contributed by atoms with Crippen molar-refractivity contribution in [2.24, 2.45) is 7.05 Å². The fraction of sp³-hybridized carbons (Fsp3) is 0.300. The van der Waals surface area contributed by atoms with Gasteiger partial charge in [0.25, 0.3) is 0 Å². The fourth-order valence-corrected chi connectivity index (χ4v) is 1.39. The number of nitrogens with two attached hydrogens (primary N) is 1. The summed E-state index contributed by atoms with van der Waals surface area (Å²) in [4.78, 5) is 7.95. The molecule has 0 spiro atoms. The molecule has 0 saturated carbocycles. The van der Waals surface area contributed by atoms with Crippen LogP contribution in [-0.2, 0) is 13.6 Å². The summed E-state index contributed by atoms with van der Waals surface area (Å²) in [6.07, 6.45) is 3.71. The van der Waals surface area contributed by atoms with Crippen LogP contribution in [0, 0.1) is 0 Å². The average Bonchev–Trinajstić information content (AvgIpc) is 2.72. The zero-order valence-electron chi connectivity index (χ0n) is 9.71. The quantitative estimate of drug-likeness (QED) is 0.796. The Morgan fingerprint density at radius 3 is 2.94 bits per heavy atom. The maximum atomic E-state index is 5.55. The van der Waals surface area contributed by atoms with Gasteiger partial charge in [0.2, 0.25) is 11.8 Å². The van der Waals surface area contributed by atoms with Crippen molar-refractivity contribution in [3.8, 4) is 5.88 Å². The Hall–Kier alpha value is -2.31. The van der Waals surface area contributed by atoms with E-state index in [-0.39, 0.29) is 5.95 Å². The van der Waals surface area contributed by atoms with Gasteiger partial charge in [0.15, 0.2) is 0 Å². The van der Waals surface area contributed by atoms with Crippen molar-refractivity contribution >= 4 is 11.8 Å². The van der Waals surface area contributed by atoms with Crippen molar-refractivity contribution in [1.82, 2.24) is 19.7 Å². The summed E-state index contributed by atoms with van der Waals surface area (Å²) in [6, 6.07) is 1.69. The normalized spacial score (nSPS) is 10.2. The van der Waals surface area contributed by atoms with Gasteiger partial charge in [0.1, 0.15) is 5.82 Å². The maximum absolute atomic E-state index is 5.55. The number of rotatable bonds is 4. The molecule has 2 aromatic rings. The van der Waals surface area contributed by atoms with Crippen molar-refractivity contribution in [3.05, 3.63) is 24.0 Å². The van der Waals surface area contributed by atoms with Gasteiger partial charge in [-0.1, -0.05) is 0 Å². The van der Waals surface area contributed by atoms with E-state index in [4.69, 9.17) is 10.5 Å². The molecule has 0 aliphatic carbocycles. The van der Waals surface area contributed by atoms with Crippen LogP contribution >= 0.6 is 0 Å². The van der Waals surface area contributed by atoms with Crippen LogP contribution in [0.15, 0.2) is 18.5 Å². The molecule has 2 heterocycles. The summed E-state index contributed by atoms with van der Waals surface area (Å²) in [7, 11) is 3.40. The molecule has 90 valence electrons. The van der Waals surface area contributed by atoms with E-state index in [0.717, 1.165) is 5.56 Å². The highest BCUT2D eigenvalue weighted by Gasteiger charge is 2.02. The summed E-state index contributed by atoms with van der Waals surface area (Å²) in [5.74, 6) is 1.24. The number of hydrogen-bond donors (Lipinski definition) is 2. The van der Waals surface area contributed by atoms with Gasteiger partial charge in [-0.3, -0.25) is 4.68 Å². The predicted octanol–water partition coefficient (Wildman–Crippen LogP) is 0.413. The first-order valence-electron chi connectivity index (χ1n) is 5.07. The topological polar surface area (TPSA) is 90.9 Å². The van der Waals surface area contributed by atoms with Crippen LogP contribution in [0.3, 0.4) is 0 Å². The lowest BCUT2D eigenvalue weighted by atomic mass is 10.3. The monoisotopic (exact) mass is 234 g/mol. The van der Waals surface area contributed by atoms with Crippen molar-refractivity contribution in [2.45, 2.75) is 6.54 Å². The minimum atomic E-state index is 0.179. The minimum absolute atomic E-state index is 0.179. The fourth-order valence-electron chi connectivity index (χ4n) is 1.39. The first-order valence-corrected chi connectivity index (χ1v) is 5.07. The van der Waals surface area contributed by atoms with Crippen LogP contribution in [-0.4, -0.2) is 26.9 Å². The van der Waals surface area contributed by atoms with Gasteiger partial charge >= 0.3 is 0 Å². The smallest absolute Gasteiger partial charge is 0.225 e. The molecule has 0 aromatic carbocycles. The molecule has 7 heteroatoms. The second kappa shape index (κ2) is 4.69. The number of aromatic nitrogens is 4. The molecule has 17 heavy (non-hydrogen) atoms. The SMILES string of the molecule is COc1cc(NCc2cnn(C)c2)nc(N)n1. The summed E-state index contributed by atoms with van der Waals surface area (Å²) in [6.45, 7) is 0.618. The first kappa shape index (κ1) is 11.2. The zero-order chi connectivity index (χ0) is 12.3. The molecule has 2 aromatic heterocycles. The van der Waals surface area contributed by atoms with E-state index >= 15 is 0 Å². The van der Waals surface area contributed by atoms with E-state index in [1.807, 2.05) is 13.2 Å². The first-order chi connectivity index (χ1) is 8.17. The zero-order valence-corrected chi connectivity index (χ0v) is 9.71. The maximum Gasteiger partial charge on any atom is 0.225 e. The Balaban J connectivity index is 2.05. The van der Waals surface area contributed by atoms with E-state index in [1.165, 1.54) is 7.11 Å². The molecule has 0 fully saturated rings. The van der Waals surface area contributed by atoms with Crippen molar-refractivity contribution in [2.75, 3.05) is 18.2 Å². The van der Waals surface area contributed by atoms with Crippen molar-refractivity contribution in [3.63, 3.8) is 0 Å². The molecule has 3 N–H and O–H groups in total. The number of aryl methyl sites for hydroxylation is 1. The number of anilines is 2. The van der Waals surface area contributed by atoms with Crippen LogP contribution in [0.2, 0.25) is 0 Å². The molecular formula is C10H14N6O. The molecule has 0 amide bonds. The van der Waals surface area contributed by atoms with Crippen LogP contribution in [0.5, 0.6) is 5.88 Å². The molecule has 0 bridgehead atoms. The molecule has 0 saturated heterocycles. The summed E-state index contributed by atoms with van der Waals surface area (Å²) >= 11 is 0. The Morgan fingerprint density at radius 2 is 2.29 bits per heavy atom. The van der Waals surface area contributed by atoms with Gasteiger partial charge in [0, 0.05) is 31.4 Å². The Labute approximate surface area is 98.6 Å². The van der Waals surface area contributed by atoms with Gasteiger partial charge in [-0.2, -0.15) is 15.1 Å². The number of nitrogen functional groups attached to an aromatic ring is 1. The van der Waals surface area contributed by atoms with E-state index < -0.39 is 0 Å². The highest BCUT2D eigenvalue weighted by molar-refractivity contribution is 5.43. The molecule has 0 unspecified atom stereocenters. The van der Waals surface area contributed by atoms with E-state index in [2.05, 4.69) is 20.4 Å². The Bertz CT molecular complexity index is 509. The largest absolute Gasteiger partial charge is 0.481 e. The Morgan fingerprint density at radius 1 is 1.47 bits per heavy atom. The summed E-state index contributed by atoms with van der Waals surface area (Å²) in [5.41, 5.74) is 6.61. The van der Waals surface area contributed by atoms with Crippen LogP contribution in [0.1, 0.15) is 5.56 Å². The van der Waals surface area contributed by atoms with E-state index in [1.54, 1.807) is 16.9 Å². The molecule has 2 rings (SSSR count). The van der Waals surface area contributed by atoms with E-state index in [0.29, 0.717) is 18.2 Å². The van der Waals surface area contributed by atoms with Gasteiger partial charge in [-0.05, 0) is 0 Å². The third kappa shape index (κ3) is 2.83. The Kier molecular flexibility index (Phi) is 3.08. The van der Waals surface area contributed by atoms with Crippen LogP contribution < -0.4 is 15.8 Å². The predicted molar refractivity (Wildman–Crippen MR) is 63.5 cm³/mol. The van der Waals surface area contributed by atoms with Crippen LogP contribution in [0.25, 0.3) is 0 Å². The number of nitrogens with zero attached hydrogens (tertiary/aromatic N) is 4. The second-order valence-electron chi connectivity index (χ2n) is 3.53. The highest BCUT2D eigenvalue weighted by Crippen LogP contribution is 2.14. The molecule has 0 aliphatic rings. The standard InChI is InChI=1S/C10H14N6O/c1-16-6-7(5-13-16)4-12-8-3-9(17-2)15-10(11)14-8/h3,5-6H,4H2,1-2H3,(H3,11,12,14,15). The molecule has 0 atom stereocenters. The third-order valence-corrected chi connectivity index (χ3v) is 2.16. The van der Waals surface area contributed by atoms with Gasteiger partial charge in [-0.15, -0.1) is 0 Å².